The van der Waals surface area contributed by atoms with E-state index >= 15 is 0 Å². The summed E-state index contributed by atoms with van der Waals surface area (Å²) in [5, 5.41) is 0.862. The van der Waals surface area contributed by atoms with Gasteiger partial charge in [-0.1, -0.05) is 67.8 Å². The van der Waals surface area contributed by atoms with Crippen molar-refractivity contribution in [3.8, 4) is 0 Å². The molecular formula is C29H32N4O2. The van der Waals surface area contributed by atoms with Crippen LogP contribution in [0.1, 0.15) is 64.1 Å². The number of hydrogen-bond acceptors (Lipinski definition) is 4. The molecule has 0 unspecified atom stereocenters. The van der Waals surface area contributed by atoms with E-state index in [4.69, 9.17) is 4.98 Å². The summed E-state index contributed by atoms with van der Waals surface area (Å²) in [7, 11) is 0. The highest BCUT2D eigenvalue weighted by atomic mass is 16.2. The number of piperazine rings is 1. The average molecular weight is 469 g/mol. The van der Waals surface area contributed by atoms with Gasteiger partial charge in [0, 0.05) is 56.3 Å². The van der Waals surface area contributed by atoms with Gasteiger partial charge < -0.3 is 9.80 Å². The summed E-state index contributed by atoms with van der Waals surface area (Å²) in [5.41, 5.74) is 4.03. The number of nitrogens with zero attached hydrogens (tertiary/aromatic N) is 4. The topological polar surface area (TPSA) is 56.8 Å². The molecule has 6 rings (SSSR count). The predicted molar refractivity (Wildman–Crippen MR) is 136 cm³/mol. The van der Waals surface area contributed by atoms with E-state index in [1.165, 1.54) is 24.8 Å². The van der Waals surface area contributed by atoms with Gasteiger partial charge in [0.05, 0.1) is 11.1 Å². The standard InChI is InChI=1S/C29H32N4O2/c34-28(32-17-15-31(16-18-32)19-21-9-3-1-4-10-21)26-23-13-7-8-14-25(23)30-27-24(26)20-33(29(27)35)22-11-5-2-6-12-22/h1,3-4,7-10,13-14,22H,2,5-6,11-12,15-20H2. The number of fused-ring (bicyclic) bond motifs is 2. The van der Waals surface area contributed by atoms with E-state index in [0.29, 0.717) is 30.9 Å². The first-order valence-corrected chi connectivity index (χ1v) is 13.0. The van der Waals surface area contributed by atoms with Crippen molar-refractivity contribution in [2.45, 2.75) is 51.2 Å². The highest BCUT2D eigenvalue weighted by molar-refractivity contribution is 6.11. The fourth-order valence-corrected chi connectivity index (χ4v) is 6.00. The SMILES string of the molecule is O=C(c1c2c(nc3ccccc13)C(=O)N(C1CCCCC1)C2)N1CCN(Cc2ccccc2)CC1. The van der Waals surface area contributed by atoms with Crippen molar-refractivity contribution in [2.24, 2.45) is 0 Å². The van der Waals surface area contributed by atoms with E-state index < -0.39 is 0 Å². The Balaban J connectivity index is 1.27. The second-order valence-corrected chi connectivity index (χ2v) is 10.1. The lowest BCUT2D eigenvalue weighted by atomic mass is 9.94. The molecule has 1 saturated carbocycles. The van der Waals surface area contributed by atoms with E-state index in [2.05, 4.69) is 29.2 Å². The van der Waals surface area contributed by atoms with Crippen molar-refractivity contribution in [1.82, 2.24) is 19.7 Å². The number of para-hydroxylation sites is 1. The summed E-state index contributed by atoms with van der Waals surface area (Å²) in [5.74, 6) is 0.0388. The monoisotopic (exact) mass is 468 g/mol. The molecule has 2 amide bonds. The minimum Gasteiger partial charge on any atom is -0.336 e. The van der Waals surface area contributed by atoms with Crippen LogP contribution in [0.2, 0.25) is 0 Å². The van der Waals surface area contributed by atoms with Gasteiger partial charge in [0.25, 0.3) is 11.8 Å². The summed E-state index contributed by atoms with van der Waals surface area (Å²) in [6.07, 6.45) is 5.67. The van der Waals surface area contributed by atoms with Gasteiger partial charge in [-0.25, -0.2) is 4.98 Å². The van der Waals surface area contributed by atoms with Gasteiger partial charge >= 0.3 is 0 Å². The van der Waals surface area contributed by atoms with Gasteiger partial charge in [0.2, 0.25) is 0 Å². The molecule has 1 saturated heterocycles. The lowest BCUT2D eigenvalue weighted by molar-refractivity contribution is 0.0619. The normalized spacial score (nSPS) is 19.4. The van der Waals surface area contributed by atoms with E-state index in [1.54, 1.807) is 0 Å². The van der Waals surface area contributed by atoms with Gasteiger partial charge in [0.1, 0.15) is 5.69 Å². The minimum absolute atomic E-state index is 0.000571. The Hall–Kier alpha value is -3.25. The Morgan fingerprint density at radius 1 is 0.886 bits per heavy atom. The second-order valence-electron chi connectivity index (χ2n) is 10.1. The second kappa shape index (κ2) is 9.42. The molecule has 35 heavy (non-hydrogen) atoms. The van der Waals surface area contributed by atoms with Crippen molar-refractivity contribution in [2.75, 3.05) is 26.2 Å². The number of amides is 2. The Morgan fingerprint density at radius 2 is 1.60 bits per heavy atom. The molecule has 6 nitrogen and oxygen atoms in total. The van der Waals surface area contributed by atoms with Crippen LogP contribution >= 0.6 is 0 Å². The molecule has 3 aliphatic rings. The van der Waals surface area contributed by atoms with Crippen molar-refractivity contribution in [3.63, 3.8) is 0 Å². The molecule has 1 aromatic heterocycles. The van der Waals surface area contributed by atoms with E-state index in [0.717, 1.165) is 48.9 Å². The fourth-order valence-electron chi connectivity index (χ4n) is 6.00. The number of pyridine rings is 1. The number of rotatable bonds is 4. The lowest BCUT2D eigenvalue weighted by Gasteiger charge is -2.35. The third-order valence-corrected chi connectivity index (χ3v) is 7.92. The predicted octanol–water partition coefficient (Wildman–Crippen LogP) is 4.48. The number of carbonyl (C=O) groups is 2. The lowest BCUT2D eigenvalue weighted by Crippen LogP contribution is -2.48. The quantitative estimate of drug-likeness (QED) is 0.567. The molecule has 0 spiro atoms. The zero-order valence-electron chi connectivity index (χ0n) is 20.2. The smallest absolute Gasteiger partial charge is 0.273 e. The zero-order valence-corrected chi connectivity index (χ0v) is 20.2. The minimum atomic E-state index is -0.000571. The number of aromatic nitrogens is 1. The van der Waals surface area contributed by atoms with Crippen molar-refractivity contribution in [1.29, 1.82) is 0 Å². The molecule has 3 aromatic rings. The van der Waals surface area contributed by atoms with Crippen LogP contribution in [-0.2, 0) is 13.1 Å². The molecular weight excluding hydrogens is 436 g/mol. The van der Waals surface area contributed by atoms with E-state index in [1.807, 2.05) is 40.1 Å². The number of carbonyl (C=O) groups excluding carboxylic acids is 2. The Morgan fingerprint density at radius 3 is 2.37 bits per heavy atom. The maximum atomic E-state index is 14.0. The van der Waals surface area contributed by atoms with Crippen LogP contribution in [0.5, 0.6) is 0 Å². The maximum Gasteiger partial charge on any atom is 0.273 e. The molecule has 0 bridgehead atoms. The zero-order chi connectivity index (χ0) is 23.8. The molecule has 180 valence electrons. The Bertz CT molecular complexity index is 1240. The third kappa shape index (κ3) is 4.20. The third-order valence-electron chi connectivity index (χ3n) is 7.92. The van der Waals surface area contributed by atoms with Crippen molar-refractivity contribution in [3.05, 3.63) is 77.0 Å². The van der Waals surface area contributed by atoms with Gasteiger partial charge in [-0.3, -0.25) is 14.5 Å². The van der Waals surface area contributed by atoms with Crippen LogP contribution in [0.4, 0.5) is 0 Å². The molecule has 2 aliphatic heterocycles. The highest BCUT2D eigenvalue weighted by Crippen LogP contribution is 2.35. The molecule has 3 heterocycles. The van der Waals surface area contributed by atoms with E-state index in [-0.39, 0.29) is 17.9 Å². The van der Waals surface area contributed by atoms with Gasteiger partial charge in [-0.2, -0.15) is 0 Å². The summed E-state index contributed by atoms with van der Waals surface area (Å²) in [6.45, 7) is 4.49. The van der Waals surface area contributed by atoms with Crippen LogP contribution in [0.3, 0.4) is 0 Å². The van der Waals surface area contributed by atoms with Gasteiger partial charge in [0.15, 0.2) is 0 Å². The largest absolute Gasteiger partial charge is 0.336 e. The van der Waals surface area contributed by atoms with Crippen LogP contribution in [0.15, 0.2) is 54.6 Å². The fraction of sp³-hybridized carbons (Fsp3) is 0.414. The highest BCUT2D eigenvalue weighted by Gasteiger charge is 2.39. The molecule has 2 aromatic carbocycles. The Kier molecular flexibility index (Phi) is 5.98. The maximum absolute atomic E-state index is 14.0. The average Bonchev–Trinajstić information content (AvgIpc) is 3.24. The first kappa shape index (κ1) is 22.2. The first-order chi connectivity index (χ1) is 17.2. The number of benzene rings is 2. The summed E-state index contributed by atoms with van der Waals surface area (Å²) >= 11 is 0. The molecule has 0 radical (unpaired) electrons. The van der Waals surface area contributed by atoms with Crippen molar-refractivity contribution < 1.29 is 9.59 Å². The molecule has 1 aliphatic carbocycles. The summed E-state index contributed by atoms with van der Waals surface area (Å²) in [6, 6.07) is 18.5. The number of hydrogen-bond donors (Lipinski definition) is 0. The van der Waals surface area contributed by atoms with Crippen LogP contribution < -0.4 is 0 Å². The molecule has 6 heteroatoms. The van der Waals surface area contributed by atoms with Crippen LogP contribution in [0.25, 0.3) is 10.9 Å². The Labute approximate surface area is 206 Å². The van der Waals surface area contributed by atoms with E-state index in [9.17, 15) is 9.59 Å². The molecule has 0 atom stereocenters. The van der Waals surface area contributed by atoms with Crippen molar-refractivity contribution >= 4 is 22.7 Å². The first-order valence-electron chi connectivity index (χ1n) is 13.0. The van der Waals surface area contributed by atoms with Gasteiger partial charge in [-0.05, 0) is 24.5 Å². The summed E-state index contributed by atoms with van der Waals surface area (Å²) < 4.78 is 0. The molecule has 0 N–H and O–H groups in total. The van der Waals surface area contributed by atoms with Crippen LogP contribution in [0, 0.1) is 0 Å². The van der Waals surface area contributed by atoms with Gasteiger partial charge in [-0.15, -0.1) is 0 Å². The summed E-state index contributed by atoms with van der Waals surface area (Å²) in [4.78, 5) is 38.5. The van der Waals surface area contributed by atoms with Crippen LogP contribution in [-0.4, -0.2) is 63.7 Å². The molecule has 2 fully saturated rings.